The van der Waals surface area contributed by atoms with E-state index in [1.54, 1.807) is 18.2 Å². The van der Waals surface area contributed by atoms with Crippen molar-refractivity contribution < 1.29 is 28.5 Å². The van der Waals surface area contributed by atoms with Gasteiger partial charge in [0.2, 0.25) is 0 Å². The second-order valence-electron chi connectivity index (χ2n) is 9.64. The topological polar surface area (TPSA) is 71.1 Å². The van der Waals surface area contributed by atoms with Gasteiger partial charge in [0.1, 0.15) is 6.10 Å². The Kier molecular flexibility index (Phi) is 9.63. The summed E-state index contributed by atoms with van der Waals surface area (Å²) in [5.41, 5.74) is 1.10. The molecule has 0 aromatic heterocycles. The van der Waals surface area contributed by atoms with Gasteiger partial charge in [0.15, 0.2) is 5.78 Å². The predicted octanol–water partition coefficient (Wildman–Crippen LogP) is 4.67. The minimum absolute atomic E-state index is 0.0305. The molecule has 0 bridgehead atoms. The molecule has 0 amide bonds. The van der Waals surface area contributed by atoms with E-state index < -0.39 is 6.10 Å². The molecule has 6 heteroatoms. The second kappa shape index (κ2) is 12.4. The molecule has 2 heterocycles. The van der Waals surface area contributed by atoms with Crippen LogP contribution in [0.25, 0.3) is 0 Å². The smallest absolute Gasteiger partial charge is 0.302 e. The molecule has 186 valence electrons. The zero-order valence-corrected chi connectivity index (χ0v) is 20.7. The van der Waals surface area contributed by atoms with Crippen molar-refractivity contribution in [3.8, 4) is 0 Å². The molecular formula is C28H38O6. The Bertz CT molecular complexity index is 850. The van der Waals surface area contributed by atoms with Crippen molar-refractivity contribution in [2.75, 3.05) is 6.61 Å². The van der Waals surface area contributed by atoms with Crippen molar-refractivity contribution >= 4 is 11.8 Å². The number of rotatable bonds is 11. The highest BCUT2D eigenvalue weighted by Crippen LogP contribution is 2.39. The van der Waals surface area contributed by atoms with E-state index in [2.05, 4.69) is 13.5 Å². The normalized spacial score (nSPS) is 30.6. The van der Waals surface area contributed by atoms with Gasteiger partial charge in [-0.25, -0.2) is 0 Å². The highest BCUT2D eigenvalue weighted by Gasteiger charge is 2.48. The number of hydrogen-bond donors (Lipinski definition) is 0. The van der Waals surface area contributed by atoms with Gasteiger partial charge in [-0.3, -0.25) is 9.59 Å². The van der Waals surface area contributed by atoms with Crippen LogP contribution in [0.2, 0.25) is 0 Å². The van der Waals surface area contributed by atoms with Gasteiger partial charge in [-0.1, -0.05) is 63.3 Å². The van der Waals surface area contributed by atoms with Crippen LogP contribution in [0.15, 0.2) is 55.1 Å². The average Bonchev–Trinajstić information content (AvgIpc) is 3.12. The Morgan fingerprint density at radius 3 is 2.62 bits per heavy atom. The molecule has 2 aliphatic heterocycles. The summed E-state index contributed by atoms with van der Waals surface area (Å²) in [6.07, 6.45) is 5.36. The first kappa shape index (κ1) is 26.3. The summed E-state index contributed by atoms with van der Waals surface area (Å²) in [4.78, 5) is 23.9. The molecule has 1 aromatic carbocycles. The first-order valence-corrected chi connectivity index (χ1v) is 12.2. The highest BCUT2D eigenvalue weighted by molar-refractivity contribution is 5.94. The third-order valence-electron chi connectivity index (χ3n) is 6.70. The Hall–Kier alpha value is -2.28. The number of carbonyl (C=O) groups is 2. The maximum Gasteiger partial charge on any atom is 0.302 e. The van der Waals surface area contributed by atoms with Crippen LogP contribution >= 0.6 is 0 Å². The average molecular weight is 471 g/mol. The van der Waals surface area contributed by atoms with Gasteiger partial charge in [-0.05, 0) is 30.4 Å². The van der Waals surface area contributed by atoms with E-state index in [9.17, 15) is 9.59 Å². The summed E-state index contributed by atoms with van der Waals surface area (Å²) < 4.78 is 24.3. The van der Waals surface area contributed by atoms with Crippen LogP contribution in [0.5, 0.6) is 0 Å². The van der Waals surface area contributed by atoms with E-state index in [-0.39, 0.29) is 53.9 Å². The van der Waals surface area contributed by atoms with Crippen molar-refractivity contribution in [3.63, 3.8) is 0 Å². The molecule has 1 saturated heterocycles. The van der Waals surface area contributed by atoms with Crippen LogP contribution in [-0.2, 0) is 35.1 Å². The van der Waals surface area contributed by atoms with E-state index >= 15 is 0 Å². The van der Waals surface area contributed by atoms with E-state index in [0.717, 1.165) is 5.56 Å². The second-order valence-corrected chi connectivity index (χ2v) is 9.64. The number of benzene rings is 1. The summed E-state index contributed by atoms with van der Waals surface area (Å²) in [6.45, 7) is 12.2. The van der Waals surface area contributed by atoms with Gasteiger partial charge in [-0.2, -0.15) is 0 Å². The SMILES string of the molecule is C=CC[C@@H]1C=CC(=O)[C@@H]([C@@H](C)[C@@H]2OC(C[C@@H](C)COC(C)=O)[C@H](OCc3ccccc3)[C@H]2C)O1. The number of carbonyl (C=O) groups excluding carboxylic acids is 2. The molecule has 0 aliphatic carbocycles. The molecule has 1 aromatic rings. The summed E-state index contributed by atoms with van der Waals surface area (Å²) in [7, 11) is 0. The van der Waals surface area contributed by atoms with E-state index in [1.807, 2.05) is 44.2 Å². The summed E-state index contributed by atoms with van der Waals surface area (Å²) in [6, 6.07) is 10.1. The third kappa shape index (κ3) is 6.87. The minimum Gasteiger partial charge on any atom is -0.466 e. The van der Waals surface area contributed by atoms with Crippen LogP contribution in [-0.4, -0.2) is 48.9 Å². The fourth-order valence-corrected chi connectivity index (χ4v) is 4.92. The lowest BCUT2D eigenvalue weighted by Gasteiger charge is -2.33. The van der Waals surface area contributed by atoms with Crippen molar-refractivity contribution in [1.82, 2.24) is 0 Å². The number of ether oxygens (including phenoxy) is 4. The van der Waals surface area contributed by atoms with Crippen LogP contribution in [0.3, 0.4) is 0 Å². The maximum absolute atomic E-state index is 12.7. The van der Waals surface area contributed by atoms with Gasteiger partial charge in [0.05, 0.1) is 37.6 Å². The Morgan fingerprint density at radius 1 is 1.21 bits per heavy atom. The third-order valence-corrected chi connectivity index (χ3v) is 6.70. The fraction of sp³-hybridized carbons (Fsp3) is 0.571. The molecule has 3 rings (SSSR count). The first-order chi connectivity index (χ1) is 16.3. The van der Waals surface area contributed by atoms with Crippen LogP contribution in [0, 0.1) is 17.8 Å². The lowest BCUT2D eigenvalue weighted by Crippen LogP contribution is -2.43. The van der Waals surface area contributed by atoms with Crippen LogP contribution in [0.1, 0.15) is 46.1 Å². The van der Waals surface area contributed by atoms with Crippen molar-refractivity contribution in [1.29, 1.82) is 0 Å². The molecular weight excluding hydrogens is 432 g/mol. The zero-order valence-electron chi connectivity index (χ0n) is 20.7. The van der Waals surface area contributed by atoms with Gasteiger partial charge in [-0.15, -0.1) is 6.58 Å². The molecule has 0 spiro atoms. The first-order valence-electron chi connectivity index (χ1n) is 12.2. The van der Waals surface area contributed by atoms with Gasteiger partial charge in [0, 0.05) is 18.8 Å². The number of esters is 1. The Balaban J connectivity index is 1.73. The quantitative estimate of drug-likeness (QED) is 0.346. The zero-order chi connectivity index (χ0) is 24.7. The number of ketones is 1. The largest absolute Gasteiger partial charge is 0.466 e. The molecule has 1 fully saturated rings. The lowest BCUT2D eigenvalue weighted by molar-refractivity contribution is -0.143. The molecule has 1 unspecified atom stereocenters. The Labute approximate surface area is 203 Å². The molecule has 2 aliphatic rings. The van der Waals surface area contributed by atoms with Crippen molar-refractivity contribution in [2.24, 2.45) is 17.8 Å². The Morgan fingerprint density at radius 2 is 1.94 bits per heavy atom. The van der Waals surface area contributed by atoms with Gasteiger partial charge >= 0.3 is 5.97 Å². The van der Waals surface area contributed by atoms with Gasteiger partial charge in [0.25, 0.3) is 0 Å². The predicted molar refractivity (Wildman–Crippen MR) is 130 cm³/mol. The van der Waals surface area contributed by atoms with E-state index in [1.165, 1.54) is 6.92 Å². The number of hydrogen-bond acceptors (Lipinski definition) is 6. The maximum atomic E-state index is 12.7. The molecule has 8 atom stereocenters. The lowest BCUT2D eigenvalue weighted by atomic mass is 9.84. The molecule has 0 N–H and O–H groups in total. The molecule has 6 nitrogen and oxygen atoms in total. The highest BCUT2D eigenvalue weighted by atomic mass is 16.6. The molecule has 34 heavy (non-hydrogen) atoms. The van der Waals surface area contributed by atoms with E-state index in [4.69, 9.17) is 18.9 Å². The van der Waals surface area contributed by atoms with Crippen molar-refractivity contribution in [3.05, 3.63) is 60.7 Å². The van der Waals surface area contributed by atoms with E-state index in [0.29, 0.717) is 26.1 Å². The van der Waals surface area contributed by atoms with Gasteiger partial charge < -0.3 is 18.9 Å². The van der Waals surface area contributed by atoms with Crippen LogP contribution in [0.4, 0.5) is 0 Å². The molecule has 0 saturated carbocycles. The summed E-state index contributed by atoms with van der Waals surface area (Å²) in [5.74, 6) is -0.283. The van der Waals surface area contributed by atoms with Crippen LogP contribution < -0.4 is 0 Å². The standard InChI is InChI=1S/C28H38O6/c1-6-10-23-13-14-24(30)27(33-23)19(3)26-20(4)28(32-17-22-11-8-7-9-12-22)25(34-26)15-18(2)16-31-21(5)29/h6-9,11-14,18-20,23,25-28H,1,10,15-17H2,2-5H3/t18-,19+,20+,23-,25?,26+,27-,28-/m1/s1. The monoisotopic (exact) mass is 470 g/mol. The summed E-state index contributed by atoms with van der Waals surface area (Å²) in [5, 5.41) is 0. The minimum atomic E-state index is -0.561. The fourth-order valence-electron chi connectivity index (χ4n) is 4.92. The van der Waals surface area contributed by atoms with Crippen molar-refractivity contribution in [2.45, 2.75) is 77.7 Å². The summed E-state index contributed by atoms with van der Waals surface area (Å²) >= 11 is 0. The molecule has 0 radical (unpaired) electrons.